The molecule has 1 aliphatic heterocycles. The second-order valence-corrected chi connectivity index (χ2v) is 5.64. The van der Waals surface area contributed by atoms with Gasteiger partial charge in [0.2, 0.25) is 5.91 Å². The van der Waals surface area contributed by atoms with Gasteiger partial charge in [-0.25, -0.2) is 0 Å². The summed E-state index contributed by atoms with van der Waals surface area (Å²) in [5.74, 6) is 0.721. The standard InChI is InChI=1S/C16H25N3O2.ClH/c1-4-21-15-8-6-5-7-14(15)18-16(20)11-19-9-12(2)17-13(3)10-19;/h5-8,12-13,17H,4,9-11H2,1-3H3,(H,18,20);1H. The summed E-state index contributed by atoms with van der Waals surface area (Å²) in [6.07, 6.45) is 0. The summed E-state index contributed by atoms with van der Waals surface area (Å²) in [7, 11) is 0. The van der Waals surface area contributed by atoms with E-state index < -0.39 is 0 Å². The molecule has 124 valence electrons. The number of halogens is 1. The molecular formula is C16H26ClN3O2. The van der Waals surface area contributed by atoms with Gasteiger partial charge < -0.3 is 15.4 Å². The van der Waals surface area contributed by atoms with E-state index in [0.717, 1.165) is 24.5 Å². The zero-order valence-electron chi connectivity index (χ0n) is 13.5. The van der Waals surface area contributed by atoms with Crippen LogP contribution in [0.2, 0.25) is 0 Å². The summed E-state index contributed by atoms with van der Waals surface area (Å²) >= 11 is 0. The van der Waals surface area contributed by atoms with Crippen molar-refractivity contribution in [1.82, 2.24) is 10.2 Å². The molecule has 0 aliphatic carbocycles. The number of ether oxygens (including phenoxy) is 1. The van der Waals surface area contributed by atoms with Crippen molar-refractivity contribution in [2.75, 3.05) is 31.6 Å². The van der Waals surface area contributed by atoms with Gasteiger partial charge in [-0.2, -0.15) is 0 Å². The molecule has 22 heavy (non-hydrogen) atoms. The highest BCUT2D eigenvalue weighted by molar-refractivity contribution is 5.93. The van der Waals surface area contributed by atoms with Gasteiger partial charge in [-0.1, -0.05) is 12.1 Å². The predicted molar refractivity (Wildman–Crippen MR) is 92.0 cm³/mol. The number of hydrogen-bond donors (Lipinski definition) is 2. The third-order valence-electron chi connectivity index (χ3n) is 3.46. The summed E-state index contributed by atoms with van der Waals surface area (Å²) in [5.41, 5.74) is 0.737. The lowest BCUT2D eigenvalue weighted by atomic mass is 10.1. The van der Waals surface area contributed by atoms with Crippen molar-refractivity contribution in [3.63, 3.8) is 0 Å². The molecule has 0 spiro atoms. The van der Waals surface area contributed by atoms with Crippen LogP contribution >= 0.6 is 12.4 Å². The normalized spacial score (nSPS) is 21.8. The third-order valence-corrected chi connectivity index (χ3v) is 3.46. The van der Waals surface area contributed by atoms with E-state index in [4.69, 9.17) is 4.74 Å². The number of para-hydroxylation sites is 2. The lowest BCUT2D eigenvalue weighted by molar-refractivity contribution is -0.117. The number of amides is 1. The van der Waals surface area contributed by atoms with E-state index in [1.54, 1.807) is 0 Å². The van der Waals surface area contributed by atoms with Gasteiger partial charge in [-0.05, 0) is 32.9 Å². The Morgan fingerprint density at radius 1 is 1.32 bits per heavy atom. The summed E-state index contributed by atoms with van der Waals surface area (Å²) in [6, 6.07) is 8.36. The zero-order chi connectivity index (χ0) is 15.2. The highest BCUT2D eigenvalue weighted by atomic mass is 35.5. The molecule has 0 saturated carbocycles. The van der Waals surface area contributed by atoms with E-state index in [-0.39, 0.29) is 18.3 Å². The van der Waals surface area contributed by atoms with Gasteiger partial charge in [0.05, 0.1) is 18.8 Å². The van der Waals surface area contributed by atoms with E-state index >= 15 is 0 Å². The van der Waals surface area contributed by atoms with Crippen LogP contribution in [0.15, 0.2) is 24.3 Å². The number of anilines is 1. The molecule has 2 unspecified atom stereocenters. The molecule has 1 aliphatic rings. The van der Waals surface area contributed by atoms with Gasteiger partial charge in [0.15, 0.2) is 0 Å². The quantitative estimate of drug-likeness (QED) is 0.870. The Labute approximate surface area is 138 Å². The summed E-state index contributed by atoms with van der Waals surface area (Å²) in [5, 5.41) is 6.41. The molecule has 1 heterocycles. The number of piperazine rings is 1. The van der Waals surface area contributed by atoms with Crippen LogP contribution in [0.1, 0.15) is 20.8 Å². The Bertz CT molecular complexity index is 474. The minimum Gasteiger partial charge on any atom is -0.492 e. The van der Waals surface area contributed by atoms with E-state index in [0.29, 0.717) is 25.2 Å². The maximum atomic E-state index is 12.2. The third kappa shape index (κ3) is 5.48. The highest BCUT2D eigenvalue weighted by Gasteiger charge is 2.22. The Morgan fingerprint density at radius 2 is 1.95 bits per heavy atom. The first-order valence-electron chi connectivity index (χ1n) is 7.58. The number of hydrogen-bond acceptors (Lipinski definition) is 4. The monoisotopic (exact) mass is 327 g/mol. The van der Waals surface area contributed by atoms with Gasteiger partial charge in [0.25, 0.3) is 0 Å². The van der Waals surface area contributed by atoms with Crippen molar-refractivity contribution in [3.05, 3.63) is 24.3 Å². The van der Waals surface area contributed by atoms with Crippen LogP contribution in [0.5, 0.6) is 5.75 Å². The minimum absolute atomic E-state index is 0. The molecule has 2 rings (SSSR count). The summed E-state index contributed by atoms with van der Waals surface area (Å²) < 4.78 is 5.52. The fourth-order valence-electron chi connectivity index (χ4n) is 2.81. The molecule has 0 bridgehead atoms. The SMILES string of the molecule is CCOc1ccccc1NC(=O)CN1CC(C)NC(C)C1.Cl. The van der Waals surface area contributed by atoms with Gasteiger partial charge in [0.1, 0.15) is 5.75 Å². The molecule has 6 heteroatoms. The second kappa shape index (κ2) is 8.98. The van der Waals surface area contributed by atoms with Crippen LogP contribution in [0.3, 0.4) is 0 Å². The molecule has 1 aromatic rings. The number of nitrogens with zero attached hydrogens (tertiary/aromatic N) is 1. The van der Waals surface area contributed by atoms with Crippen LogP contribution in [-0.4, -0.2) is 49.1 Å². The molecule has 1 amide bonds. The first kappa shape index (κ1) is 18.7. The molecule has 2 N–H and O–H groups in total. The van der Waals surface area contributed by atoms with E-state index in [1.807, 2.05) is 31.2 Å². The number of carbonyl (C=O) groups excluding carboxylic acids is 1. The van der Waals surface area contributed by atoms with Crippen LogP contribution < -0.4 is 15.4 Å². The fraction of sp³-hybridized carbons (Fsp3) is 0.562. The molecule has 1 saturated heterocycles. The lowest BCUT2D eigenvalue weighted by Gasteiger charge is -2.35. The van der Waals surface area contributed by atoms with Gasteiger partial charge >= 0.3 is 0 Å². The smallest absolute Gasteiger partial charge is 0.238 e. The maximum absolute atomic E-state index is 12.2. The lowest BCUT2D eigenvalue weighted by Crippen LogP contribution is -2.55. The first-order chi connectivity index (χ1) is 10.1. The van der Waals surface area contributed by atoms with Crippen LogP contribution in [-0.2, 0) is 4.79 Å². The topological polar surface area (TPSA) is 53.6 Å². The van der Waals surface area contributed by atoms with E-state index in [2.05, 4.69) is 29.4 Å². The molecule has 0 radical (unpaired) electrons. The number of rotatable bonds is 5. The van der Waals surface area contributed by atoms with Crippen LogP contribution in [0.4, 0.5) is 5.69 Å². The second-order valence-electron chi connectivity index (χ2n) is 5.64. The molecule has 2 atom stereocenters. The zero-order valence-corrected chi connectivity index (χ0v) is 14.3. The average Bonchev–Trinajstić information content (AvgIpc) is 2.40. The minimum atomic E-state index is 0. The summed E-state index contributed by atoms with van der Waals surface area (Å²) in [4.78, 5) is 14.4. The van der Waals surface area contributed by atoms with Gasteiger partial charge in [0, 0.05) is 25.2 Å². The van der Waals surface area contributed by atoms with E-state index in [1.165, 1.54) is 0 Å². The van der Waals surface area contributed by atoms with Crippen molar-refractivity contribution in [2.24, 2.45) is 0 Å². The number of benzene rings is 1. The first-order valence-corrected chi connectivity index (χ1v) is 7.58. The van der Waals surface area contributed by atoms with Gasteiger partial charge in [-0.3, -0.25) is 9.69 Å². The van der Waals surface area contributed by atoms with Crippen molar-refractivity contribution < 1.29 is 9.53 Å². The summed E-state index contributed by atoms with van der Waals surface area (Å²) in [6.45, 7) is 9.00. The van der Waals surface area contributed by atoms with Crippen molar-refractivity contribution in [2.45, 2.75) is 32.9 Å². The maximum Gasteiger partial charge on any atom is 0.238 e. The van der Waals surface area contributed by atoms with Crippen LogP contribution in [0, 0.1) is 0 Å². The fourth-order valence-corrected chi connectivity index (χ4v) is 2.81. The van der Waals surface area contributed by atoms with Crippen molar-refractivity contribution in [3.8, 4) is 5.75 Å². The predicted octanol–water partition coefficient (Wildman–Crippen LogP) is 2.13. The highest BCUT2D eigenvalue weighted by Crippen LogP contribution is 2.23. The van der Waals surface area contributed by atoms with Crippen molar-refractivity contribution >= 4 is 24.0 Å². The molecule has 1 aromatic carbocycles. The Balaban J connectivity index is 0.00000242. The Hall–Kier alpha value is -1.30. The van der Waals surface area contributed by atoms with E-state index in [9.17, 15) is 4.79 Å². The van der Waals surface area contributed by atoms with Crippen LogP contribution in [0.25, 0.3) is 0 Å². The number of nitrogens with one attached hydrogen (secondary N) is 2. The Morgan fingerprint density at radius 3 is 2.59 bits per heavy atom. The van der Waals surface area contributed by atoms with Crippen molar-refractivity contribution in [1.29, 1.82) is 0 Å². The Kier molecular flexibility index (Phi) is 7.65. The molecule has 1 fully saturated rings. The average molecular weight is 328 g/mol. The molecule has 5 nitrogen and oxygen atoms in total. The number of carbonyl (C=O) groups is 1. The molecule has 0 aromatic heterocycles. The van der Waals surface area contributed by atoms with Gasteiger partial charge in [-0.15, -0.1) is 12.4 Å². The molecular weight excluding hydrogens is 302 g/mol. The largest absolute Gasteiger partial charge is 0.492 e.